The molecule has 0 spiro atoms. The highest BCUT2D eigenvalue weighted by Crippen LogP contribution is 2.35. The Labute approximate surface area is 130 Å². The molecule has 0 aromatic heterocycles. The van der Waals surface area contributed by atoms with Crippen LogP contribution in [0.1, 0.15) is 65.7 Å². The molecule has 0 heterocycles. The van der Waals surface area contributed by atoms with Gasteiger partial charge in [-0.1, -0.05) is 27.2 Å². The second-order valence-electron chi connectivity index (χ2n) is 7.87. The Balaban J connectivity index is 1.69. The van der Waals surface area contributed by atoms with Crippen LogP contribution in [-0.2, 0) is 4.74 Å². The van der Waals surface area contributed by atoms with Crippen LogP contribution in [0, 0.1) is 17.8 Å². The van der Waals surface area contributed by atoms with Gasteiger partial charge in [0.05, 0.1) is 18.8 Å². The van der Waals surface area contributed by atoms with Crippen LogP contribution >= 0.6 is 0 Å². The smallest absolute Gasteiger partial charge is 0.126 e. The van der Waals surface area contributed by atoms with Gasteiger partial charge in [-0.05, 0) is 56.3 Å². The fourth-order valence-corrected chi connectivity index (χ4v) is 4.15. The van der Waals surface area contributed by atoms with Crippen LogP contribution in [0.2, 0.25) is 0 Å². The minimum atomic E-state index is -0.310. The van der Waals surface area contributed by atoms with Gasteiger partial charge in [0.25, 0.3) is 0 Å². The molecular formula is C18H36NO2+. The van der Waals surface area contributed by atoms with E-state index in [2.05, 4.69) is 26.1 Å². The van der Waals surface area contributed by atoms with E-state index in [1.807, 2.05) is 0 Å². The van der Waals surface area contributed by atoms with Crippen molar-refractivity contribution in [3.8, 4) is 0 Å². The van der Waals surface area contributed by atoms with Crippen molar-refractivity contribution in [3.63, 3.8) is 0 Å². The lowest BCUT2D eigenvalue weighted by Gasteiger charge is -2.37. The van der Waals surface area contributed by atoms with Crippen LogP contribution in [0.15, 0.2) is 0 Å². The van der Waals surface area contributed by atoms with Gasteiger partial charge in [0.2, 0.25) is 0 Å². The fourth-order valence-electron chi connectivity index (χ4n) is 4.15. The fraction of sp³-hybridized carbons (Fsp3) is 1.00. The van der Waals surface area contributed by atoms with E-state index in [1.165, 1.54) is 44.9 Å². The van der Waals surface area contributed by atoms with E-state index in [4.69, 9.17) is 4.74 Å². The molecule has 0 saturated heterocycles. The first-order valence-electron chi connectivity index (χ1n) is 9.19. The summed E-state index contributed by atoms with van der Waals surface area (Å²) in [6.07, 6.45) is 9.21. The zero-order chi connectivity index (χ0) is 15.2. The van der Waals surface area contributed by atoms with Crippen LogP contribution < -0.4 is 5.32 Å². The summed E-state index contributed by atoms with van der Waals surface area (Å²) in [5.41, 5.74) is 0. The molecular weight excluding hydrogens is 262 g/mol. The van der Waals surface area contributed by atoms with Crippen molar-refractivity contribution < 1.29 is 15.2 Å². The van der Waals surface area contributed by atoms with Crippen molar-refractivity contribution in [2.45, 2.75) is 84.0 Å². The third-order valence-corrected chi connectivity index (χ3v) is 5.61. The van der Waals surface area contributed by atoms with Crippen molar-refractivity contribution in [2.24, 2.45) is 17.8 Å². The lowest BCUT2D eigenvalue weighted by molar-refractivity contribution is -0.693. The molecule has 0 amide bonds. The van der Waals surface area contributed by atoms with Gasteiger partial charge in [0.15, 0.2) is 0 Å². The van der Waals surface area contributed by atoms with Gasteiger partial charge in [0.1, 0.15) is 12.6 Å². The van der Waals surface area contributed by atoms with E-state index in [0.29, 0.717) is 24.5 Å². The average Bonchev–Trinajstić information content (AvgIpc) is 2.96. The Morgan fingerprint density at radius 3 is 2.52 bits per heavy atom. The minimum absolute atomic E-state index is 0.310. The summed E-state index contributed by atoms with van der Waals surface area (Å²) in [6, 6.07) is 0.748. The standard InChI is InChI=1S/C18H35NO2/c1-13(2)17-9-8-14(3)10-18(17)21-12-16(20)11-19-15-6-4-5-7-15/h13-20H,4-12H2,1-3H3/p+1/t14-,16+,17+,18+/m0/s1. The summed E-state index contributed by atoms with van der Waals surface area (Å²) in [6.45, 7) is 8.27. The number of ether oxygens (including phenoxy) is 1. The molecule has 0 aromatic carbocycles. The summed E-state index contributed by atoms with van der Waals surface area (Å²) in [5, 5.41) is 12.5. The van der Waals surface area contributed by atoms with E-state index >= 15 is 0 Å². The van der Waals surface area contributed by atoms with Gasteiger partial charge < -0.3 is 15.2 Å². The van der Waals surface area contributed by atoms with Crippen LogP contribution in [-0.4, -0.2) is 36.5 Å². The van der Waals surface area contributed by atoms with Crippen LogP contribution in [0.3, 0.4) is 0 Å². The van der Waals surface area contributed by atoms with Gasteiger partial charge in [0, 0.05) is 0 Å². The monoisotopic (exact) mass is 298 g/mol. The summed E-state index contributed by atoms with van der Waals surface area (Å²) in [4.78, 5) is 0. The molecule has 2 saturated carbocycles. The third kappa shape index (κ3) is 5.54. The zero-order valence-corrected chi connectivity index (χ0v) is 14.3. The molecule has 0 radical (unpaired) electrons. The molecule has 0 aromatic rings. The van der Waals surface area contributed by atoms with Gasteiger partial charge in [-0.25, -0.2) is 0 Å². The van der Waals surface area contributed by atoms with Crippen LogP contribution in [0.4, 0.5) is 0 Å². The van der Waals surface area contributed by atoms with E-state index in [9.17, 15) is 5.11 Å². The Morgan fingerprint density at radius 1 is 1.14 bits per heavy atom. The van der Waals surface area contributed by atoms with E-state index < -0.39 is 0 Å². The Morgan fingerprint density at radius 2 is 1.86 bits per heavy atom. The predicted molar refractivity (Wildman–Crippen MR) is 86.1 cm³/mol. The number of hydrogen-bond donors (Lipinski definition) is 2. The maximum Gasteiger partial charge on any atom is 0.126 e. The topological polar surface area (TPSA) is 46.1 Å². The molecule has 0 bridgehead atoms. The summed E-state index contributed by atoms with van der Waals surface area (Å²) >= 11 is 0. The van der Waals surface area contributed by atoms with Crippen LogP contribution in [0.25, 0.3) is 0 Å². The van der Waals surface area contributed by atoms with Gasteiger partial charge >= 0.3 is 0 Å². The molecule has 2 aliphatic rings. The maximum absolute atomic E-state index is 10.2. The second-order valence-corrected chi connectivity index (χ2v) is 7.87. The first-order valence-corrected chi connectivity index (χ1v) is 9.19. The highest BCUT2D eigenvalue weighted by Gasteiger charge is 2.32. The van der Waals surface area contributed by atoms with Gasteiger partial charge in [-0.15, -0.1) is 0 Å². The number of hydrogen-bond acceptors (Lipinski definition) is 2. The molecule has 124 valence electrons. The summed E-state index contributed by atoms with van der Waals surface area (Å²) in [5.74, 6) is 2.13. The Bertz CT molecular complexity index is 289. The van der Waals surface area contributed by atoms with Crippen molar-refractivity contribution in [1.82, 2.24) is 0 Å². The SMILES string of the molecule is CC(C)[C@H]1CC[C@H](C)C[C@H]1OC[C@H](O)C[NH2+]C1CCCC1. The van der Waals surface area contributed by atoms with Gasteiger partial charge in [-0.3, -0.25) is 0 Å². The van der Waals surface area contributed by atoms with Crippen molar-refractivity contribution in [1.29, 1.82) is 0 Å². The van der Waals surface area contributed by atoms with Gasteiger partial charge in [-0.2, -0.15) is 0 Å². The normalized spacial score (nSPS) is 32.7. The first-order chi connectivity index (χ1) is 10.1. The van der Waals surface area contributed by atoms with Crippen molar-refractivity contribution >= 4 is 0 Å². The molecule has 2 fully saturated rings. The molecule has 0 aliphatic heterocycles. The quantitative estimate of drug-likeness (QED) is 0.758. The molecule has 2 rings (SSSR count). The molecule has 3 N–H and O–H groups in total. The predicted octanol–water partition coefficient (Wildman–Crippen LogP) is 2.33. The Kier molecular flexibility index (Phi) is 6.97. The summed E-state index contributed by atoms with van der Waals surface area (Å²) in [7, 11) is 0. The van der Waals surface area contributed by atoms with E-state index in [0.717, 1.165) is 18.5 Å². The zero-order valence-electron chi connectivity index (χ0n) is 14.3. The van der Waals surface area contributed by atoms with Crippen molar-refractivity contribution in [2.75, 3.05) is 13.2 Å². The lowest BCUT2D eigenvalue weighted by atomic mass is 9.75. The highest BCUT2D eigenvalue weighted by molar-refractivity contribution is 4.81. The molecule has 0 unspecified atom stereocenters. The third-order valence-electron chi connectivity index (χ3n) is 5.61. The first kappa shape index (κ1) is 17.2. The second kappa shape index (κ2) is 8.50. The van der Waals surface area contributed by atoms with Crippen molar-refractivity contribution in [3.05, 3.63) is 0 Å². The maximum atomic E-state index is 10.2. The number of aliphatic hydroxyl groups is 1. The molecule has 3 nitrogen and oxygen atoms in total. The lowest BCUT2D eigenvalue weighted by Crippen LogP contribution is -2.91. The largest absolute Gasteiger partial charge is 0.385 e. The molecule has 2 aliphatic carbocycles. The Hall–Kier alpha value is -0.120. The summed E-state index contributed by atoms with van der Waals surface area (Å²) < 4.78 is 6.13. The number of quaternary nitrogens is 1. The van der Waals surface area contributed by atoms with Crippen LogP contribution in [0.5, 0.6) is 0 Å². The van der Waals surface area contributed by atoms with E-state index in [-0.39, 0.29) is 6.10 Å². The average molecular weight is 298 g/mol. The minimum Gasteiger partial charge on any atom is -0.385 e. The number of aliphatic hydroxyl groups excluding tert-OH is 1. The highest BCUT2D eigenvalue weighted by atomic mass is 16.5. The van der Waals surface area contributed by atoms with E-state index in [1.54, 1.807) is 0 Å². The number of nitrogens with two attached hydrogens (primary N) is 1. The molecule has 21 heavy (non-hydrogen) atoms. The molecule has 3 heteroatoms. The molecule has 4 atom stereocenters. The number of rotatable bonds is 7.